The third-order valence-corrected chi connectivity index (χ3v) is 4.65. The van der Waals surface area contributed by atoms with Gasteiger partial charge in [-0.1, -0.05) is 6.42 Å². The Morgan fingerprint density at radius 2 is 1.95 bits per heavy atom. The van der Waals surface area contributed by atoms with Crippen molar-refractivity contribution in [3.8, 4) is 5.75 Å². The maximum Gasteiger partial charge on any atom is 0.143 e. The number of nitrogen functional groups attached to an aromatic ring is 1. The molecule has 2 N–H and O–H groups in total. The summed E-state index contributed by atoms with van der Waals surface area (Å²) in [6.07, 6.45) is 5.41. The van der Waals surface area contributed by atoms with Gasteiger partial charge in [-0.25, -0.2) is 0 Å². The van der Waals surface area contributed by atoms with Gasteiger partial charge in [0.2, 0.25) is 0 Å². The summed E-state index contributed by atoms with van der Waals surface area (Å²) in [6, 6.07) is 6.84. The molecule has 2 aliphatic heterocycles. The second kappa shape index (κ2) is 5.92. The number of ether oxygens (including phenoxy) is 1. The van der Waals surface area contributed by atoms with Crippen molar-refractivity contribution >= 4 is 11.4 Å². The van der Waals surface area contributed by atoms with Gasteiger partial charge in [0, 0.05) is 30.9 Å². The van der Waals surface area contributed by atoms with Crippen LogP contribution in [0.2, 0.25) is 0 Å². The molecule has 2 saturated heterocycles. The van der Waals surface area contributed by atoms with Crippen molar-refractivity contribution < 1.29 is 4.74 Å². The number of piperidine rings is 1. The predicted octanol–water partition coefficient (Wildman–Crippen LogP) is 2.34. The molecular weight excluding hydrogens is 250 g/mol. The van der Waals surface area contributed by atoms with Crippen LogP contribution in [0.25, 0.3) is 0 Å². The van der Waals surface area contributed by atoms with Gasteiger partial charge in [0.25, 0.3) is 0 Å². The Balaban J connectivity index is 1.67. The molecular formula is C16H25N3O. The highest BCUT2D eigenvalue weighted by Gasteiger charge is 2.28. The fourth-order valence-electron chi connectivity index (χ4n) is 3.45. The van der Waals surface area contributed by atoms with Crippen molar-refractivity contribution in [1.29, 1.82) is 0 Å². The zero-order chi connectivity index (χ0) is 13.9. The zero-order valence-corrected chi connectivity index (χ0v) is 12.3. The summed E-state index contributed by atoms with van der Waals surface area (Å²) in [5.41, 5.74) is 7.83. The van der Waals surface area contributed by atoms with Crippen LogP contribution in [0.1, 0.15) is 25.7 Å². The van der Waals surface area contributed by atoms with Gasteiger partial charge < -0.3 is 15.4 Å². The van der Waals surface area contributed by atoms with Crippen LogP contribution in [0, 0.1) is 0 Å². The number of anilines is 2. The minimum atomic E-state index is 0.711. The van der Waals surface area contributed by atoms with Crippen molar-refractivity contribution in [1.82, 2.24) is 4.90 Å². The van der Waals surface area contributed by atoms with Crippen molar-refractivity contribution in [2.45, 2.75) is 31.7 Å². The lowest BCUT2D eigenvalue weighted by Crippen LogP contribution is -2.40. The lowest BCUT2D eigenvalue weighted by atomic mass is 10.1. The van der Waals surface area contributed by atoms with Gasteiger partial charge in [-0.3, -0.25) is 4.90 Å². The maximum absolute atomic E-state index is 5.89. The van der Waals surface area contributed by atoms with E-state index in [2.05, 4.69) is 21.9 Å². The van der Waals surface area contributed by atoms with Gasteiger partial charge in [-0.05, 0) is 44.5 Å². The number of hydrogen-bond acceptors (Lipinski definition) is 4. The quantitative estimate of drug-likeness (QED) is 0.860. The molecule has 0 radical (unpaired) electrons. The molecule has 0 bridgehead atoms. The molecule has 2 heterocycles. The Labute approximate surface area is 121 Å². The standard InChI is InChI=1S/C16H25N3O/c1-20-16-11-13(5-6-15(16)17)19-10-7-14(12-19)18-8-3-2-4-9-18/h5-6,11,14H,2-4,7-10,12,17H2,1H3. The molecule has 0 aliphatic carbocycles. The largest absolute Gasteiger partial charge is 0.495 e. The predicted molar refractivity (Wildman–Crippen MR) is 83.4 cm³/mol. The summed E-state index contributed by atoms with van der Waals surface area (Å²) in [7, 11) is 1.68. The Bertz CT molecular complexity index is 457. The lowest BCUT2D eigenvalue weighted by molar-refractivity contribution is 0.175. The van der Waals surface area contributed by atoms with Crippen LogP contribution in [0.3, 0.4) is 0 Å². The van der Waals surface area contributed by atoms with Crippen LogP contribution in [0.4, 0.5) is 11.4 Å². The number of rotatable bonds is 3. The van der Waals surface area contributed by atoms with E-state index < -0.39 is 0 Å². The fraction of sp³-hybridized carbons (Fsp3) is 0.625. The molecule has 1 atom stereocenters. The molecule has 0 amide bonds. The third-order valence-electron chi connectivity index (χ3n) is 4.65. The van der Waals surface area contributed by atoms with Crippen LogP contribution >= 0.6 is 0 Å². The Morgan fingerprint density at radius 1 is 1.15 bits per heavy atom. The van der Waals surface area contributed by atoms with E-state index in [0.717, 1.165) is 24.9 Å². The van der Waals surface area contributed by atoms with Gasteiger partial charge >= 0.3 is 0 Å². The van der Waals surface area contributed by atoms with E-state index in [-0.39, 0.29) is 0 Å². The molecule has 0 aromatic heterocycles. The highest BCUT2D eigenvalue weighted by atomic mass is 16.5. The number of hydrogen-bond donors (Lipinski definition) is 1. The molecule has 1 unspecified atom stereocenters. The number of methoxy groups -OCH3 is 1. The van der Waals surface area contributed by atoms with Crippen LogP contribution in [0.5, 0.6) is 5.75 Å². The minimum absolute atomic E-state index is 0.711. The molecule has 1 aromatic carbocycles. The first-order valence-electron chi connectivity index (χ1n) is 7.70. The van der Waals surface area contributed by atoms with E-state index in [1.807, 2.05) is 6.07 Å². The molecule has 4 nitrogen and oxygen atoms in total. The lowest BCUT2D eigenvalue weighted by Gasteiger charge is -2.32. The van der Waals surface area contributed by atoms with E-state index in [1.54, 1.807) is 7.11 Å². The molecule has 2 fully saturated rings. The molecule has 0 saturated carbocycles. The number of likely N-dealkylation sites (tertiary alicyclic amines) is 1. The van der Waals surface area contributed by atoms with Crippen molar-refractivity contribution in [2.75, 3.05) is 43.9 Å². The molecule has 1 aromatic rings. The molecule has 0 spiro atoms. The summed E-state index contributed by atoms with van der Waals surface area (Å²) in [4.78, 5) is 5.14. The zero-order valence-electron chi connectivity index (χ0n) is 12.3. The Hall–Kier alpha value is -1.42. The van der Waals surface area contributed by atoms with Gasteiger partial charge in [0.1, 0.15) is 5.75 Å². The topological polar surface area (TPSA) is 41.7 Å². The van der Waals surface area contributed by atoms with Gasteiger partial charge in [-0.15, -0.1) is 0 Å². The smallest absolute Gasteiger partial charge is 0.143 e. The number of nitrogens with two attached hydrogens (primary N) is 1. The fourth-order valence-corrected chi connectivity index (χ4v) is 3.45. The van der Waals surface area contributed by atoms with E-state index in [4.69, 9.17) is 10.5 Å². The van der Waals surface area contributed by atoms with Gasteiger partial charge in [-0.2, -0.15) is 0 Å². The highest BCUT2D eigenvalue weighted by Crippen LogP contribution is 2.30. The minimum Gasteiger partial charge on any atom is -0.495 e. The second-order valence-corrected chi connectivity index (χ2v) is 5.91. The van der Waals surface area contributed by atoms with E-state index in [9.17, 15) is 0 Å². The van der Waals surface area contributed by atoms with Crippen LogP contribution in [0.15, 0.2) is 18.2 Å². The normalized spacial score (nSPS) is 24.1. The van der Waals surface area contributed by atoms with Crippen LogP contribution in [-0.2, 0) is 0 Å². The number of nitrogens with zero attached hydrogens (tertiary/aromatic N) is 2. The monoisotopic (exact) mass is 275 g/mol. The van der Waals surface area contributed by atoms with E-state index >= 15 is 0 Å². The summed E-state index contributed by atoms with van der Waals surface area (Å²) >= 11 is 0. The molecule has 20 heavy (non-hydrogen) atoms. The second-order valence-electron chi connectivity index (χ2n) is 5.91. The van der Waals surface area contributed by atoms with Crippen molar-refractivity contribution in [3.63, 3.8) is 0 Å². The maximum atomic E-state index is 5.89. The Morgan fingerprint density at radius 3 is 2.70 bits per heavy atom. The first-order valence-corrected chi connectivity index (χ1v) is 7.70. The van der Waals surface area contributed by atoms with Gasteiger partial charge in [0.15, 0.2) is 0 Å². The SMILES string of the molecule is COc1cc(N2CCC(N3CCCCC3)C2)ccc1N. The van der Waals surface area contributed by atoms with Crippen molar-refractivity contribution in [2.24, 2.45) is 0 Å². The Kier molecular flexibility index (Phi) is 4.01. The summed E-state index contributed by atoms with van der Waals surface area (Å²) in [5.74, 6) is 0.781. The first-order chi connectivity index (χ1) is 9.78. The van der Waals surface area contributed by atoms with Crippen LogP contribution in [-0.4, -0.2) is 44.2 Å². The van der Waals surface area contributed by atoms with E-state index in [0.29, 0.717) is 5.69 Å². The summed E-state index contributed by atoms with van der Waals surface area (Å²) in [5, 5.41) is 0. The average Bonchev–Trinajstić information content (AvgIpc) is 2.98. The average molecular weight is 275 g/mol. The molecule has 2 aliphatic rings. The molecule has 110 valence electrons. The third kappa shape index (κ3) is 2.70. The highest BCUT2D eigenvalue weighted by molar-refractivity contribution is 5.62. The number of benzene rings is 1. The first kappa shape index (κ1) is 13.6. The van der Waals surface area contributed by atoms with Crippen LogP contribution < -0.4 is 15.4 Å². The molecule has 3 rings (SSSR count). The summed E-state index contributed by atoms with van der Waals surface area (Å²) in [6.45, 7) is 4.83. The summed E-state index contributed by atoms with van der Waals surface area (Å²) < 4.78 is 5.33. The molecule has 4 heteroatoms. The van der Waals surface area contributed by atoms with E-state index in [1.165, 1.54) is 44.5 Å². The van der Waals surface area contributed by atoms with Crippen molar-refractivity contribution in [3.05, 3.63) is 18.2 Å². The van der Waals surface area contributed by atoms with Gasteiger partial charge in [0.05, 0.1) is 12.8 Å².